The van der Waals surface area contributed by atoms with Crippen molar-refractivity contribution in [3.05, 3.63) is 69.8 Å². The minimum atomic E-state index is -0.236. The predicted molar refractivity (Wildman–Crippen MR) is 132 cm³/mol. The molecule has 0 radical (unpaired) electrons. The number of aryl methyl sites for hydroxylation is 2. The molecule has 2 atom stereocenters. The Labute approximate surface area is 196 Å². The molecule has 170 valence electrons. The Hall–Kier alpha value is -2.81. The highest BCUT2D eigenvalue weighted by atomic mass is 16.5. The molecule has 2 fully saturated rings. The van der Waals surface area contributed by atoms with E-state index < -0.39 is 0 Å². The zero-order valence-electron chi connectivity index (χ0n) is 19.7. The summed E-state index contributed by atoms with van der Waals surface area (Å²) in [5.74, 6) is 1.90. The van der Waals surface area contributed by atoms with Gasteiger partial charge in [-0.05, 0) is 73.2 Å². The summed E-state index contributed by atoms with van der Waals surface area (Å²) in [6, 6.07) is 12.9. The Morgan fingerprint density at radius 3 is 1.73 bits per heavy atom. The highest BCUT2D eigenvalue weighted by Crippen LogP contribution is 2.57. The van der Waals surface area contributed by atoms with Crippen LogP contribution in [0.3, 0.4) is 0 Å². The Balaban J connectivity index is 1.48. The van der Waals surface area contributed by atoms with E-state index in [2.05, 4.69) is 62.4 Å². The zero-order valence-corrected chi connectivity index (χ0v) is 19.7. The van der Waals surface area contributed by atoms with Crippen molar-refractivity contribution < 1.29 is 14.3 Å². The van der Waals surface area contributed by atoms with Gasteiger partial charge in [0, 0.05) is 22.3 Å². The average Bonchev–Trinajstić information content (AvgIpc) is 3.32. The van der Waals surface area contributed by atoms with E-state index in [0.29, 0.717) is 0 Å². The zero-order chi connectivity index (χ0) is 22.6. The molecular weight excluding hydrogens is 408 g/mol. The Bertz CT molecular complexity index is 1090. The third-order valence-electron chi connectivity index (χ3n) is 8.01. The van der Waals surface area contributed by atoms with Gasteiger partial charge < -0.3 is 9.47 Å². The Morgan fingerprint density at radius 1 is 0.788 bits per heavy atom. The minimum Gasteiger partial charge on any atom is -0.484 e. The molecular formula is C30H32O3. The number of carbonyl (C=O) groups is 1. The Kier molecular flexibility index (Phi) is 4.97. The Morgan fingerprint density at radius 2 is 1.27 bits per heavy atom. The second-order valence-electron chi connectivity index (χ2n) is 10.2. The minimum absolute atomic E-state index is 0.0978. The fourth-order valence-electron chi connectivity index (χ4n) is 6.48. The molecule has 2 heterocycles. The van der Waals surface area contributed by atoms with Crippen LogP contribution in [0.2, 0.25) is 0 Å². The van der Waals surface area contributed by atoms with Crippen LogP contribution >= 0.6 is 0 Å². The first-order valence-electron chi connectivity index (χ1n) is 12.7. The summed E-state index contributed by atoms with van der Waals surface area (Å²) in [5, 5.41) is 0. The quantitative estimate of drug-likeness (QED) is 0.529. The summed E-state index contributed by atoms with van der Waals surface area (Å²) < 4.78 is 13.3. The lowest BCUT2D eigenvalue weighted by atomic mass is 9.62. The third kappa shape index (κ3) is 3.19. The monoisotopic (exact) mass is 440 g/mol. The number of carbonyl (C=O) groups excluding carboxylic acids is 1. The molecule has 3 nitrogen and oxygen atoms in total. The fourth-order valence-corrected chi connectivity index (χ4v) is 6.48. The maximum absolute atomic E-state index is 13.9. The van der Waals surface area contributed by atoms with E-state index in [9.17, 15) is 4.79 Å². The van der Waals surface area contributed by atoms with Crippen LogP contribution in [0.15, 0.2) is 47.5 Å². The third-order valence-corrected chi connectivity index (χ3v) is 8.01. The molecule has 6 rings (SSSR count). The first kappa shape index (κ1) is 20.8. The van der Waals surface area contributed by atoms with Gasteiger partial charge >= 0.3 is 0 Å². The van der Waals surface area contributed by atoms with Gasteiger partial charge in [-0.3, -0.25) is 4.79 Å². The molecule has 0 unspecified atom stereocenters. The summed E-state index contributed by atoms with van der Waals surface area (Å²) >= 11 is 0. The summed E-state index contributed by atoms with van der Waals surface area (Å²) in [5.41, 5.74) is 6.11. The molecule has 0 bridgehead atoms. The van der Waals surface area contributed by atoms with Crippen LogP contribution in [-0.4, -0.2) is 18.0 Å². The smallest absolute Gasteiger partial charge is 0.192 e. The predicted octanol–water partition coefficient (Wildman–Crippen LogP) is 6.72. The van der Waals surface area contributed by atoms with Crippen LogP contribution in [0.5, 0.6) is 11.5 Å². The number of hydrogen-bond donors (Lipinski definition) is 0. The molecule has 0 amide bonds. The molecule has 3 heteroatoms. The molecule has 4 aliphatic rings. The number of rotatable bonds is 4. The highest BCUT2D eigenvalue weighted by Gasteiger charge is 2.60. The number of ether oxygens (including phenoxy) is 2. The molecule has 0 N–H and O–H groups in total. The number of benzene rings is 2. The number of hydrogen-bond acceptors (Lipinski definition) is 3. The lowest BCUT2D eigenvalue weighted by Gasteiger charge is -2.50. The van der Waals surface area contributed by atoms with Gasteiger partial charge in [0.1, 0.15) is 23.7 Å². The maximum Gasteiger partial charge on any atom is 0.192 e. The second-order valence-corrected chi connectivity index (χ2v) is 10.2. The van der Waals surface area contributed by atoms with Gasteiger partial charge in [0.05, 0.1) is 5.41 Å². The van der Waals surface area contributed by atoms with Gasteiger partial charge in [0.15, 0.2) is 5.78 Å². The van der Waals surface area contributed by atoms with Crippen molar-refractivity contribution in [2.24, 2.45) is 5.41 Å². The van der Waals surface area contributed by atoms with Crippen LogP contribution in [0.4, 0.5) is 0 Å². The van der Waals surface area contributed by atoms with Gasteiger partial charge in [-0.2, -0.15) is 0 Å². The SMILES string of the molecule is CCCc1ccc2c(c1)C=C1C(=O)C3=Cc4cc(CCC)ccc4O[C@@H]3C3(CCCC3)[C@@H]1O2. The molecule has 33 heavy (non-hydrogen) atoms. The fraction of sp³-hybridized carbons (Fsp3) is 0.433. The van der Waals surface area contributed by atoms with E-state index in [1.807, 2.05) is 0 Å². The van der Waals surface area contributed by atoms with Gasteiger partial charge in [-0.15, -0.1) is 0 Å². The molecule has 2 aromatic rings. The molecule has 2 aliphatic carbocycles. The average molecular weight is 441 g/mol. The van der Waals surface area contributed by atoms with E-state index in [1.165, 1.54) is 11.1 Å². The largest absolute Gasteiger partial charge is 0.484 e. The molecule has 2 saturated carbocycles. The van der Waals surface area contributed by atoms with Crippen molar-refractivity contribution in [3.8, 4) is 11.5 Å². The van der Waals surface area contributed by atoms with Crippen molar-refractivity contribution >= 4 is 17.9 Å². The number of Topliss-reactive ketones (excluding diaryl/α,β-unsaturated/α-hetero) is 1. The molecule has 2 aliphatic heterocycles. The first-order valence-corrected chi connectivity index (χ1v) is 12.7. The number of ketones is 1. The van der Waals surface area contributed by atoms with Crippen LogP contribution in [0, 0.1) is 5.41 Å². The van der Waals surface area contributed by atoms with Crippen LogP contribution < -0.4 is 9.47 Å². The van der Waals surface area contributed by atoms with Crippen molar-refractivity contribution in [1.29, 1.82) is 0 Å². The standard InChI is InChI=1S/C30H32O3/c1-3-7-19-9-11-25-21(15-19)17-23-27(31)24-18-22-16-20(8-4-2)10-12-26(22)33-29(24)30(28(23)32-25)13-5-6-14-30/h9-12,15-18,28-29H,3-8,13-14H2,1-2H3/t28-,29+. The van der Waals surface area contributed by atoms with Crippen LogP contribution in [0.1, 0.15) is 74.6 Å². The maximum atomic E-state index is 13.9. The van der Waals surface area contributed by atoms with E-state index in [-0.39, 0.29) is 23.4 Å². The van der Waals surface area contributed by atoms with Crippen molar-refractivity contribution in [3.63, 3.8) is 0 Å². The first-order chi connectivity index (χ1) is 16.1. The summed E-state index contributed by atoms with van der Waals surface area (Å²) in [4.78, 5) is 13.9. The van der Waals surface area contributed by atoms with Crippen molar-refractivity contribution in [2.45, 2.75) is 77.4 Å². The van der Waals surface area contributed by atoms with Gasteiger partial charge in [0.2, 0.25) is 0 Å². The number of fused-ring (bicyclic) bond motifs is 6. The molecule has 1 spiro atoms. The lowest BCUT2D eigenvalue weighted by molar-refractivity contribution is -0.120. The van der Waals surface area contributed by atoms with E-state index in [0.717, 1.165) is 85.1 Å². The summed E-state index contributed by atoms with van der Waals surface area (Å²) in [7, 11) is 0. The van der Waals surface area contributed by atoms with Crippen molar-refractivity contribution in [1.82, 2.24) is 0 Å². The van der Waals surface area contributed by atoms with E-state index in [1.54, 1.807) is 0 Å². The molecule has 2 aromatic carbocycles. The van der Waals surface area contributed by atoms with Crippen molar-refractivity contribution in [2.75, 3.05) is 0 Å². The van der Waals surface area contributed by atoms with E-state index in [4.69, 9.17) is 9.47 Å². The van der Waals surface area contributed by atoms with Crippen LogP contribution in [-0.2, 0) is 17.6 Å². The summed E-state index contributed by atoms with van der Waals surface area (Å²) in [6.45, 7) is 4.39. The molecule has 0 saturated heterocycles. The van der Waals surface area contributed by atoms with Crippen LogP contribution in [0.25, 0.3) is 12.2 Å². The highest BCUT2D eigenvalue weighted by molar-refractivity contribution is 6.17. The molecule has 0 aromatic heterocycles. The van der Waals surface area contributed by atoms with E-state index >= 15 is 0 Å². The summed E-state index contributed by atoms with van der Waals surface area (Å²) in [6.07, 6.45) is 12.4. The van der Waals surface area contributed by atoms with Gasteiger partial charge in [0.25, 0.3) is 0 Å². The van der Waals surface area contributed by atoms with Gasteiger partial charge in [-0.1, -0.05) is 51.7 Å². The normalized spacial score (nSPS) is 24.0. The lowest BCUT2D eigenvalue weighted by Crippen LogP contribution is -2.58. The van der Waals surface area contributed by atoms with Gasteiger partial charge in [-0.25, -0.2) is 0 Å². The topological polar surface area (TPSA) is 35.5 Å². The second kappa shape index (κ2) is 7.90.